The van der Waals surface area contributed by atoms with Crippen molar-refractivity contribution in [2.75, 3.05) is 38.3 Å². The van der Waals surface area contributed by atoms with Crippen molar-refractivity contribution < 1.29 is 23.0 Å². The quantitative estimate of drug-likeness (QED) is 0.499. The lowest BCUT2D eigenvalue weighted by atomic mass is 10.0. The monoisotopic (exact) mass is 420 g/mol. The largest absolute Gasteiger partial charge is 0.497 e. The number of nitro groups is 1. The highest BCUT2D eigenvalue weighted by Crippen LogP contribution is 2.28. The van der Waals surface area contributed by atoms with Crippen molar-refractivity contribution in [3.05, 3.63) is 58.1 Å². The molecule has 2 N–H and O–H groups in total. The molecule has 0 aliphatic carbocycles. The second-order valence-electron chi connectivity index (χ2n) is 7.28. The van der Waals surface area contributed by atoms with Crippen LogP contribution in [-0.4, -0.2) is 46.3 Å². The molecule has 2 aromatic rings. The number of quaternary nitrogens is 1. The molecule has 0 saturated carbocycles. The molecule has 1 fully saturated rings. The number of nitrogens with zero attached hydrogens (tertiary/aromatic N) is 1. The third-order valence-electron chi connectivity index (χ3n) is 5.35. The predicted molar refractivity (Wildman–Crippen MR) is 110 cm³/mol. The number of hydrogen-bond donors (Lipinski definition) is 2. The molecule has 1 saturated heterocycles. The fourth-order valence-corrected chi connectivity index (χ4v) is 4.41. The number of likely N-dealkylation sites (tertiary alicyclic amines) is 1. The minimum absolute atomic E-state index is 0.0633. The summed E-state index contributed by atoms with van der Waals surface area (Å²) in [6, 6.07) is 12.0. The van der Waals surface area contributed by atoms with Gasteiger partial charge in [-0.1, -0.05) is 0 Å². The molecule has 2 aromatic carbocycles. The highest BCUT2D eigenvalue weighted by molar-refractivity contribution is 7.90. The van der Waals surface area contributed by atoms with Crippen LogP contribution >= 0.6 is 0 Å². The van der Waals surface area contributed by atoms with Crippen LogP contribution in [0.5, 0.6) is 5.75 Å². The summed E-state index contributed by atoms with van der Waals surface area (Å²) < 4.78 is 28.7. The maximum absolute atomic E-state index is 11.7. The van der Waals surface area contributed by atoms with Gasteiger partial charge in [0.2, 0.25) is 0 Å². The Hall–Kier alpha value is -2.65. The molecule has 1 aliphatic rings. The number of anilines is 1. The number of nitrogens with one attached hydrogen (secondary N) is 2. The number of sulfone groups is 1. The highest BCUT2D eigenvalue weighted by atomic mass is 32.2. The lowest BCUT2D eigenvalue weighted by Gasteiger charge is -2.26. The molecule has 0 amide bonds. The lowest BCUT2D eigenvalue weighted by Crippen LogP contribution is -3.11. The lowest BCUT2D eigenvalue weighted by molar-refractivity contribution is -0.917. The van der Waals surface area contributed by atoms with Crippen molar-refractivity contribution in [1.82, 2.24) is 0 Å². The number of hydrogen-bond acceptors (Lipinski definition) is 6. The second kappa shape index (κ2) is 8.79. The van der Waals surface area contributed by atoms with Crippen molar-refractivity contribution in [3.63, 3.8) is 0 Å². The smallest absolute Gasteiger partial charge is 0.293 e. The maximum atomic E-state index is 11.7. The molecule has 1 aliphatic heterocycles. The van der Waals surface area contributed by atoms with Gasteiger partial charge in [0.15, 0.2) is 9.84 Å². The molecule has 3 rings (SSSR count). The van der Waals surface area contributed by atoms with Crippen LogP contribution in [0.25, 0.3) is 0 Å². The van der Waals surface area contributed by atoms with Crippen molar-refractivity contribution in [1.29, 1.82) is 0 Å². The number of benzene rings is 2. The molecule has 8 nitrogen and oxygen atoms in total. The Morgan fingerprint density at radius 1 is 1.17 bits per heavy atom. The molecule has 1 atom stereocenters. The Morgan fingerprint density at radius 2 is 1.83 bits per heavy atom. The summed E-state index contributed by atoms with van der Waals surface area (Å²) in [6.07, 6.45) is 3.35. The third-order valence-corrected chi connectivity index (χ3v) is 6.46. The molecule has 156 valence electrons. The summed E-state index contributed by atoms with van der Waals surface area (Å²) in [4.78, 5) is 12.3. The third kappa shape index (κ3) is 5.04. The number of ether oxygens (including phenoxy) is 1. The first kappa shape index (κ1) is 21.1. The predicted octanol–water partition coefficient (Wildman–Crippen LogP) is 1.84. The Labute approximate surface area is 170 Å². The number of nitro benzene ring substituents is 1. The SMILES string of the molecule is COc1ccc([C@H](CNc2ccc(S(C)(=O)=O)cc2[N+](=O)[O-])[NH+]2CCCC2)cc1. The van der Waals surface area contributed by atoms with Crippen LogP contribution in [0.3, 0.4) is 0 Å². The van der Waals surface area contributed by atoms with E-state index in [4.69, 9.17) is 4.74 Å². The van der Waals surface area contributed by atoms with Crippen LogP contribution < -0.4 is 15.0 Å². The van der Waals surface area contributed by atoms with E-state index in [1.165, 1.54) is 17.0 Å². The van der Waals surface area contributed by atoms with E-state index in [-0.39, 0.29) is 16.6 Å². The van der Waals surface area contributed by atoms with Crippen LogP contribution in [0.15, 0.2) is 47.4 Å². The van der Waals surface area contributed by atoms with E-state index in [1.807, 2.05) is 24.3 Å². The van der Waals surface area contributed by atoms with Gasteiger partial charge in [-0.25, -0.2) is 8.42 Å². The summed E-state index contributed by atoms with van der Waals surface area (Å²) in [5.74, 6) is 0.781. The van der Waals surface area contributed by atoms with E-state index >= 15 is 0 Å². The summed E-state index contributed by atoms with van der Waals surface area (Å²) in [5.41, 5.74) is 1.21. The van der Waals surface area contributed by atoms with Gasteiger partial charge < -0.3 is 15.0 Å². The number of rotatable bonds is 8. The minimum atomic E-state index is -3.52. The minimum Gasteiger partial charge on any atom is -0.497 e. The van der Waals surface area contributed by atoms with Crippen LogP contribution in [0.1, 0.15) is 24.4 Å². The van der Waals surface area contributed by atoms with E-state index in [0.29, 0.717) is 12.2 Å². The summed E-state index contributed by atoms with van der Waals surface area (Å²) >= 11 is 0. The molecular formula is C20H26N3O5S+. The van der Waals surface area contributed by atoms with Crippen molar-refractivity contribution in [2.45, 2.75) is 23.8 Å². The maximum Gasteiger partial charge on any atom is 0.293 e. The standard InChI is InChI=1S/C20H25N3O5S/c1-28-16-7-5-15(6-8-16)20(22-11-3-4-12-22)14-21-18-10-9-17(29(2,26)27)13-19(18)23(24)25/h5-10,13,20-21H,3-4,11-12,14H2,1-2H3/p+1/t20-/m0/s1. The Kier molecular flexibility index (Phi) is 6.39. The molecule has 1 heterocycles. The van der Waals surface area contributed by atoms with Gasteiger partial charge in [-0.2, -0.15) is 0 Å². The molecule has 0 bridgehead atoms. The topological polar surface area (TPSA) is 103 Å². The first-order valence-corrected chi connectivity index (χ1v) is 11.4. The fourth-order valence-electron chi connectivity index (χ4n) is 3.77. The number of methoxy groups -OCH3 is 1. The van der Waals surface area contributed by atoms with Gasteiger partial charge in [0.25, 0.3) is 5.69 Å². The average Bonchev–Trinajstić information content (AvgIpc) is 3.22. The first-order valence-electron chi connectivity index (χ1n) is 9.50. The van der Waals surface area contributed by atoms with Crippen LogP contribution in [0.4, 0.5) is 11.4 Å². The van der Waals surface area contributed by atoms with Crippen molar-refractivity contribution in [2.24, 2.45) is 0 Å². The zero-order chi connectivity index (χ0) is 21.0. The Morgan fingerprint density at radius 3 is 2.38 bits per heavy atom. The summed E-state index contributed by atoms with van der Waals surface area (Å²) in [5, 5.41) is 14.7. The zero-order valence-electron chi connectivity index (χ0n) is 16.6. The zero-order valence-corrected chi connectivity index (χ0v) is 17.4. The van der Waals surface area contributed by atoms with Gasteiger partial charge in [0.1, 0.15) is 17.5 Å². The molecule has 0 aromatic heterocycles. The van der Waals surface area contributed by atoms with Crippen LogP contribution in [0, 0.1) is 10.1 Å². The molecule has 9 heteroatoms. The van der Waals surface area contributed by atoms with Gasteiger partial charge in [-0.15, -0.1) is 0 Å². The van der Waals surface area contributed by atoms with E-state index in [0.717, 1.165) is 49.6 Å². The van der Waals surface area contributed by atoms with Gasteiger partial charge in [0.05, 0.1) is 36.6 Å². The Bertz CT molecular complexity index is 970. The summed E-state index contributed by atoms with van der Waals surface area (Å²) in [6.45, 7) is 2.60. The van der Waals surface area contributed by atoms with E-state index in [2.05, 4.69) is 5.32 Å². The van der Waals surface area contributed by atoms with Crippen LogP contribution in [0.2, 0.25) is 0 Å². The van der Waals surface area contributed by atoms with Crippen LogP contribution in [-0.2, 0) is 9.84 Å². The highest BCUT2D eigenvalue weighted by Gasteiger charge is 2.28. The van der Waals surface area contributed by atoms with E-state index in [1.54, 1.807) is 7.11 Å². The van der Waals surface area contributed by atoms with E-state index in [9.17, 15) is 18.5 Å². The van der Waals surface area contributed by atoms with Gasteiger partial charge in [0, 0.05) is 30.7 Å². The normalized spacial score (nSPS) is 15.8. The van der Waals surface area contributed by atoms with Crippen molar-refractivity contribution >= 4 is 21.2 Å². The molecule has 0 spiro atoms. The first-order chi connectivity index (χ1) is 13.8. The molecule has 0 unspecified atom stereocenters. The summed E-state index contributed by atoms with van der Waals surface area (Å²) in [7, 11) is -1.89. The van der Waals surface area contributed by atoms with Crippen molar-refractivity contribution in [3.8, 4) is 5.75 Å². The van der Waals surface area contributed by atoms with Gasteiger partial charge >= 0.3 is 0 Å². The average molecular weight is 421 g/mol. The second-order valence-corrected chi connectivity index (χ2v) is 9.30. The molecular weight excluding hydrogens is 394 g/mol. The Balaban J connectivity index is 1.86. The van der Waals surface area contributed by atoms with Gasteiger partial charge in [-0.3, -0.25) is 10.1 Å². The fraction of sp³-hybridized carbons (Fsp3) is 0.400. The molecule has 0 radical (unpaired) electrons. The molecule has 29 heavy (non-hydrogen) atoms. The van der Waals surface area contributed by atoms with Gasteiger partial charge in [-0.05, 0) is 36.4 Å². The van der Waals surface area contributed by atoms with E-state index < -0.39 is 14.8 Å².